The first-order valence-electron chi connectivity index (χ1n) is 11.5. The first kappa shape index (κ1) is 21.4. The molecule has 0 bridgehead atoms. The van der Waals surface area contributed by atoms with Crippen LogP contribution < -0.4 is 5.32 Å². The monoisotopic (exact) mass is 416 g/mol. The fourth-order valence-corrected chi connectivity index (χ4v) is 5.20. The number of nitrogens with zero attached hydrogens (tertiary/aromatic N) is 3. The Morgan fingerprint density at radius 1 is 1.13 bits per heavy atom. The van der Waals surface area contributed by atoms with E-state index in [1.807, 2.05) is 24.3 Å². The van der Waals surface area contributed by atoms with E-state index >= 15 is 0 Å². The molecule has 0 saturated carbocycles. The van der Waals surface area contributed by atoms with Gasteiger partial charge in [0.1, 0.15) is 6.07 Å². The van der Waals surface area contributed by atoms with E-state index in [4.69, 9.17) is 0 Å². The summed E-state index contributed by atoms with van der Waals surface area (Å²) in [5.74, 6) is 0.211. The van der Waals surface area contributed by atoms with Gasteiger partial charge in [-0.25, -0.2) is 0 Å². The number of hydrogen-bond acceptors (Lipinski definition) is 4. The molecule has 0 aromatic heterocycles. The van der Waals surface area contributed by atoms with Gasteiger partial charge >= 0.3 is 0 Å². The molecule has 31 heavy (non-hydrogen) atoms. The zero-order chi connectivity index (χ0) is 21.6. The van der Waals surface area contributed by atoms with Crippen molar-refractivity contribution in [3.05, 3.63) is 65.7 Å². The second-order valence-electron chi connectivity index (χ2n) is 8.71. The minimum Gasteiger partial charge on any atom is -0.379 e. The van der Waals surface area contributed by atoms with Crippen LogP contribution >= 0.6 is 0 Å². The molecule has 5 nitrogen and oxygen atoms in total. The molecule has 0 spiro atoms. The topological polar surface area (TPSA) is 59.4 Å². The molecule has 2 fully saturated rings. The summed E-state index contributed by atoms with van der Waals surface area (Å²) >= 11 is 0. The van der Waals surface area contributed by atoms with Crippen molar-refractivity contribution in [1.82, 2.24) is 9.80 Å². The van der Waals surface area contributed by atoms with Gasteiger partial charge in [0.05, 0.1) is 23.5 Å². The quantitative estimate of drug-likeness (QED) is 0.727. The SMILES string of the molecule is CCC(N1CC(Nc2ccccc2C#N)CC1=O)N1CCCCC1Cc1ccccc1. The molecule has 2 aliphatic rings. The highest BCUT2D eigenvalue weighted by Gasteiger charge is 2.39. The van der Waals surface area contributed by atoms with E-state index in [1.54, 1.807) is 0 Å². The average Bonchev–Trinajstić information content (AvgIpc) is 3.16. The number of benzene rings is 2. The number of amides is 1. The van der Waals surface area contributed by atoms with Gasteiger partial charge in [0.15, 0.2) is 0 Å². The van der Waals surface area contributed by atoms with Crippen molar-refractivity contribution in [2.24, 2.45) is 0 Å². The number of carbonyl (C=O) groups is 1. The molecular formula is C26H32N4O. The fourth-order valence-electron chi connectivity index (χ4n) is 5.20. The van der Waals surface area contributed by atoms with Crippen LogP contribution in [0.5, 0.6) is 0 Å². The van der Waals surface area contributed by atoms with Crippen LogP contribution in [-0.2, 0) is 11.2 Å². The van der Waals surface area contributed by atoms with Crippen LogP contribution in [0.2, 0.25) is 0 Å². The van der Waals surface area contributed by atoms with E-state index in [1.165, 1.54) is 24.8 Å². The number of hydrogen-bond donors (Lipinski definition) is 1. The van der Waals surface area contributed by atoms with Crippen molar-refractivity contribution in [3.8, 4) is 6.07 Å². The van der Waals surface area contributed by atoms with E-state index in [0.29, 0.717) is 24.6 Å². The number of likely N-dealkylation sites (tertiary alicyclic amines) is 2. The Balaban J connectivity index is 1.47. The summed E-state index contributed by atoms with van der Waals surface area (Å²) in [5.41, 5.74) is 2.81. The molecule has 0 radical (unpaired) electrons. The summed E-state index contributed by atoms with van der Waals surface area (Å²) in [6.45, 7) is 3.93. The summed E-state index contributed by atoms with van der Waals surface area (Å²) < 4.78 is 0. The molecule has 4 rings (SSSR count). The van der Waals surface area contributed by atoms with Crippen LogP contribution in [0, 0.1) is 11.3 Å². The second kappa shape index (κ2) is 9.98. The van der Waals surface area contributed by atoms with Gasteiger partial charge in [-0.15, -0.1) is 0 Å². The molecule has 5 heteroatoms. The Labute approximate surface area is 185 Å². The van der Waals surface area contributed by atoms with E-state index < -0.39 is 0 Å². The van der Waals surface area contributed by atoms with Crippen molar-refractivity contribution in [2.45, 2.75) is 63.7 Å². The van der Waals surface area contributed by atoms with Gasteiger partial charge in [0.25, 0.3) is 0 Å². The summed E-state index contributed by atoms with van der Waals surface area (Å²) in [6.07, 6.45) is 6.22. The van der Waals surface area contributed by atoms with Crippen LogP contribution in [0.15, 0.2) is 54.6 Å². The Hall–Kier alpha value is -2.84. The van der Waals surface area contributed by atoms with Gasteiger partial charge in [0.2, 0.25) is 5.91 Å². The Bertz CT molecular complexity index is 923. The van der Waals surface area contributed by atoms with E-state index in [9.17, 15) is 10.1 Å². The lowest BCUT2D eigenvalue weighted by atomic mass is 9.94. The van der Waals surface area contributed by atoms with Gasteiger partial charge < -0.3 is 10.2 Å². The van der Waals surface area contributed by atoms with Crippen molar-refractivity contribution in [2.75, 3.05) is 18.4 Å². The predicted molar refractivity (Wildman–Crippen MR) is 123 cm³/mol. The van der Waals surface area contributed by atoms with Crippen LogP contribution in [0.25, 0.3) is 0 Å². The predicted octanol–water partition coefficient (Wildman–Crippen LogP) is 4.40. The minimum absolute atomic E-state index is 0.0356. The molecule has 2 aromatic carbocycles. The Kier molecular flexibility index (Phi) is 6.89. The number of anilines is 1. The molecule has 1 amide bonds. The largest absolute Gasteiger partial charge is 0.379 e. The molecule has 2 heterocycles. The standard InChI is InChI=1S/C26H32N4O/c1-2-25(29-15-9-8-13-23(29)16-20-10-4-3-5-11-20)30-19-22(17-26(30)31)28-24-14-7-6-12-21(24)18-27/h3-7,10-12,14,22-23,25,28H,2,8-9,13,15-17,19H2,1H3. The van der Waals surface area contributed by atoms with Crippen molar-refractivity contribution in [3.63, 3.8) is 0 Å². The summed E-state index contributed by atoms with van der Waals surface area (Å²) in [6, 6.07) is 21.0. The lowest BCUT2D eigenvalue weighted by Crippen LogP contribution is -2.55. The van der Waals surface area contributed by atoms with Gasteiger partial charge in [0, 0.05) is 25.6 Å². The highest BCUT2D eigenvalue weighted by Crippen LogP contribution is 2.29. The highest BCUT2D eigenvalue weighted by molar-refractivity contribution is 5.80. The Morgan fingerprint density at radius 2 is 1.90 bits per heavy atom. The zero-order valence-electron chi connectivity index (χ0n) is 18.3. The highest BCUT2D eigenvalue weighted by atomic mass is 16.2. The molecule has 162 valence electrons. The summed E-state index contributed by atoms with van der Waals surface area (Å²) in [5, 5.41) is 12.8. The van der Waals surface area contributed by atoms with Gasteiger partial charge in [-0.05, 0) is 43.4 Å². The summed E-state index contributed by atoms with van der Waals surface area (Å²) in [4.78, 5) is 17.7. The summed E-state index contributed by atoms with van der Waals surface area (Å²) in [7, 11) is 0. The van der Waals surface area contributed by atoms with Crippen LogP contribution in [0.4, 0.5) is 5.69 Å². The lowest BCUT2D eigenvalue weighted by Gasteiger charge is -2.44. The van der Waals surface area contributed by atoms with E-state index in [-0.39, 0.29) is 18.1 Å². The van der Waals surface area contributed by atoms with Crippen LogP contribution in [-0.4, -0.2) is 47.0 Å². The van der Waals surface area contributed by atoms with Crippen molar-refractivity contribution in [1.29, 1.82) is 5.26 Å². The molecular weight excluding hydrogens is 384 g/mol. The Morgan fingerprint density at radius 3 is 2.68 bits per heavy atom. The molecule has 2 saturated heterocycles. The molecule has 2 aromatic rings. The number of nitriles is 1. The molecule has 3 unspecified atom stereocenters. The number of piperidine rings is 1. The third kappa shape index (κ3) is 4.91. The average molecular weight is 417 g/mol. The zero-order valence-corrected chi connectivity index (χ0v) is 18.3. The molecule has 0 aliphatic carbocycles. The second-order valence-corrected chi connectivity index (χ2v) is 8.71. The van der Waals surface area contributed by atoms with Crippen molar-refractivity contribution < 1.29 is 4.79 Å². The number of rotatable bonds is 7. The lowest BCUT2D eigenvalue weighted by molar-refractivity contribution is -0.135. The first-order chi connectivity index (χ1) is 15.2. The maximum Gasteiger partial charge on any atom is 0.226 e. The van der Waals surface area contributed by atoms with E-state index in [2.05, 4.69) is 58.4 Å². The van der Waals surface area contributed by atoms with Crippen molar-refractivity contribution >= 4 is 11.6 Å². The van der Waals surface area contributed by atoms with Gasteiger partial charge in [-0.2, -0.15) is 5.26 Å². The van der Waals surface area contributed by atoms with Gasteiger partial charge in [-0.3, -0.25) is 9.69 Å². The maximum absolute atomic E-state index is 13.0. The molecule has 3 atom stereocenters. The molecule has 1 N–H and O–H groups in total. The third-order valence-electron chi connectivity index (χ3n) is 6.66. The van der Waals surface area contributed by atoms with Gasteiger partial charge in [-0.1, -0.05) is 55.8 Å². The van der Waals surface area contributed by atoms with Crippen LogP contribution in [0.1, 0.15) is 50.2 Å². The number of carbonyl (C=O) groups excluding carboxylic acids is 1. The minimum atomic E-state index is 0.0356. The van der Waals surface area contributed by atoms with E-state index in [0.717, 1.165) is 25.1 Å². The number of nitrogens with one attached hydrogen (secondary N) is 1. The molecule has 2 aliphatic heterocycles. The third-order valence-corrected chi connectivity index (χ3v) is 6.66. The first-order valence-corrected chi connectivity index (χ1v) is 11.5. The smallest absolute Gasteiger partial charge is 0.226 e. The normalized spacial score (nSPS) is 22.8. The van der Waals surface area contributed by atoms with Crippen LogP contribution in [0.3, 0.4) is 0 Å². The number of para-hydroxylation sites is 1. The fraction of sp³-hybridized carbons (Fsp3) is 0.462. The maximum atomic E-state index is 13.0.